The van der Waals surface area contributed by atoms with Crippen molar-refractivity contribution < 1.29 is 18.7 Å². The van der Waals surface area contributed by atoms with Gasteiger partial charge in [0.2, 0.25) is 0 Å². The summed E-state index contributed by atoms with van der Waals surface area (Å²) in [6.07, 6.45) is 2.41. The number of hydrogen-bond acceptors (Lipinski definition) is 9. The molecule has 4 rings (SSSR count). The van der Waals surface area contributed by atoms with Crippen LogP contribution in [0.2, 0.25) is 0 Å². The maximum Gasteiger partial charge on any atom is 0.333 e. The van der Waals surface area contributed by atoms with Crippen LogP contribution in [0.15, 0.2) is 40.2 Å². The predicted octanol–water partition coefficient (Wildman–Crippen LogP) is 4.28. The van der Waals surface area contributed by atoms with Crippen molar-refractivity contribution in [3.05, 3.63) is 68.4 Å². The fourth-order valence-electron chi connectivity index (χ4n) is 4.88. The Morgan fingerprint density at radius 3 is 2.62 bits per heavy atom. The standard InChI is InChI=1S/C29H33FN6O5S/c1-17(2)14-23(37)29(4,5)36-25(38)24-18(3)26(35-12-11-32-33-35)42-27(24)34(28(36)39)16-22(41-13-7-10-31)20-15-19(30)8-9-21(20)40-6/h8-9,11-12,15,17,22H,7,13-14,16H2,1-6H3/t22-/m0/s1. The topological polar surface area (TPSA) is 134 Å². The largest absolute Gasteiger partial charge is 0.496 e. The number of hydrogen-bond donors (Lipinski definition) is 0. The summed E-state index contributed by atoms with van der Waals surface area (Å²) in [5, 5.41) is 17.9. The minimum Gasteiger partial charge on any atom is -0.496 e. The van der Waals surface area contributed by atoms with E-state index in [9.17, 15) is 18.8 Å². The molecule has 0 saturated heterocycles. The molecule has 4 aromatic rings. The van der Waals surface area contributed by atoms with Crippen LogP contribution in [-0.4, -0.2) is 43.6 Å². The first-order valence-corrected chi connectivity index (χ1v) is 14.2. The van der Waals surface area contributed by atoms with E-state index in [4.69, 9.17) is 14.7 Å². The Balaban J connectivity index is 2.03. The molecule has 0 fully saturated rings. The fraction of sp³-hybridized carbons (Fsp3) is 0.448. The highest BCUT2D eigenvalue weighted by Gasteiger charge is 2.36. The first-order valence-electron chi connectivity index (χ1n) is 13.4. The molecular weight excluding hydrogens is 563 g/mol. The Morgan fingerprint density at radius 2 is 2.00 bits per heavy atom. The summed E-state index contributed by atoms with van der Waals surface area (Å²) in [7, 11) is 1.43. The van der Waals surface area contributed by atoms with E-state index in [0.717, 1.165) is 4.57 Å². The number of aryl methyl sites for hydroxylation is 1. The van der Waals surface area contributed by atoms with E-state index < -0.39 is 28.7 Å². The number of ether oxygens (including phenoxy) is 2. The number of methoxy groups -OCH3 is 1. The Hall–Kier alpha value is -4.15. The second kappa shape index (κ2) is 12.4. The van der Waals surface area contributed by atoms with Gasteiger partial charge in [0, 0.05) is 17.5 Å². The number of benzene rings is 1. The molecule has 0 aliphatic heterocycles. The van der Waals surface area contributed by atoms with Crippen molar-refractivity contribution in [2.75, 3.05) is 13.7 Å². The van der Waals surface area contributed by atoms with Gasteiger partial charge in [-0.2, -0.15) is 5.26 Å². The highest BCUT2D eigenvalue weighted by atomic mass is 32.1. The van der Waals surface area contributed by atoms with Gasteiger partial charge in [0.15, 0.2) is 5.78 Å². The average Bonchev–Trinajstić information content (AvgIpc) is 3.58. The maximum atomic E-state index is 14.5. The lowest BCUT2D eigenvalue weighted by atomic mass is 9.91. The van der Waals surface area contributed by atoms with E-state index in [0.29, 0.717) is 26.7 Å². The molecule has 0 spiro atoms. The van der Waals surface area contributed by atoms with E-state index in [2.05, 4.69) is 10.3 Å². The third kappa shape index (κ3) is 5.77. The number of fused-ring (bicyclic) bond motifs is 1. The molecule has 3 heterocycles. The molecule has 0 radical (unpaired) electrons. The lowest BCUT2D eigenvalue weighted by molar-refractivity contribution is -0.127. The Bertz CT molecular complexity index is 1760. The van der Waals surface area contributed by atoms with E-state index in [1.165, 1.54) is 52.1 Å². The maximum absolute atomic E-state index is 14.5. The van der Waals surface area contributed by atoms with Crippen LogP contribution in [-0.2, 0) is 21.6 Å². The van der Waals surface area contributed by atoms with Crippen molar-refractivity contribution in [2.24, 2.45) is 5.92 Å². The van der Waals surface area contributed by atoms with Crippen LogP contribution in [0.5, 0.6) is 5.75 Å². The lowest BCUT2D eigenvalue weighted by Crippen LogP contribution is -2.53. The molecular formula is C29H33FN6O5S. The minimum absolute atomic E-state index is 0.00437. The average molecular weight is 597 g/mol. The van der Waals surface area contributed by atoms with E-state index >= 15 is 0 Å². The molecule has 3 aromatic heterocycles. The first-order chi connectivity index (χ1) is 19.9. The zero-order valence-electron chi connectivity index (χ0n) is 24.4. The summed E-state index contributed by atoms with van der Waals surface area (Å²) < 4.78 is 29.8. The lowest BCUT2D eigenvalue weighted by Gasteiger charge is -2.28. The molecule has 13 heteroatoms. The summed E-state index contributed by atoms with van der Waals surface area (Å²) in [4.78, 5) is 42.1. The van der Waals surface area contributed by atoms with Crippen LogP contribution in [0.4, 0.5) is 4.39 Å². The minimum atomic E-state index is -1.47. The summed E-state index contributed by atoms with van der Waals surface area (Å²) in [6.45, 7) is 8.50. The molecule has 42 heavy (non-hydrogen) atoms. The van der Waals surface area contributed by atoms with Gasteiger partial charge in [0.05, 0.1) is 50.5 Å². The molecule has 1 atom stereocenters. The van der Waals surface area contributed by atoms with E-state index in [1.807, 2.05) is 19.9 Å². The summed E-state index contributed by atoms with van der Waals surface area (Å²) in [6, 6.07) is 5.97. The van der Waals surface area contributed by atoms with Crippen LogP contribution in [0.25, 0.3) is 15.2 Å². The van der Waals surface area contributed by atoms with Gasteiger partial charge in [-0.25, -0.2) is 18.4 Å². The zero-order chi connectivity index (χ0) is 30.8. The van der Waals surface area contributed by atoms with Crippen LogP contribution in [0.1, 0.15) is 57.8 Å². The normalized spacial score (nSPS) is 12.5. The third-order valence-corrected chi connectivity index (χ3v) is 8.38. The number of halogens is 1. The Labute approximate surface area is 245 Å². The molecule has 1 aromatic carbocycles. The smallest absolute Gasteiger partial charge is 0.333 e. The number of rotatable bonds is 12. The van der Waals surface area contributed by atoms with E-state index in [1.54, 1.807) is 27.0 Å². The zero-order valence-corrected chi connectivity index (χ0v) is 25.2. The third-order valence-electron chi connectivity index (χ3n) is 7.07. The number of aromatic nitrogens is 5. The van der Waals surface area contributed by atoms with Gasteiger partial charge in [0.1, 0.15) is 33.0 Å². The number of Topliss-reactive ketones (excluding diaryl/α,β-unsaturated/α-hetero) is 1. The SMILES string of the molecule is COc1ccc(F)cc1[C@H](Cn1c(=O)n(C(C)(C)C(=O)CC(C)C)c(=O)c2c(C)c(-n3ccnn3)sc21)OCCC#N. The van der Waals surface area contributed by atoms with Crippen molar-refractivity contribution in [3.8, 4) is 16.8 Å². The number of carbonyl (C=O) groups excluding carboxylic acids is 1. The van der Waals surface area contributed by atoms with Gasteiger partial charge in [-0.1, -0.05) is 30.4 Å². The van der Waals surface area contributed by atoms with Crippen molar-refractivity contribution in [2.45, 2.75) is 65.6 Å². The van der Waals surface area contributed by atoms with Gasteiger partial charge in [-0.15, -0.1) is 5.10 Å². The van der Waals surface area contributed by atoms with Gasteiger partial charge in [-0.3, -0.25) is 14.2 Å². The predicted molar refractivity (Wildman–Crippen MR) is 156 cm³/mol. The van der Waals surface area contributed by atoms with Crippen LogP contribution < -0.4 is 16.0 Å². The monoisotopic (exact) mass is 596 g/mol. The highest BCUT2D eigenvalue weighted by Crippen LogP contribution is 2.34. The number of carbonyl (C=O) groups is 1. The number of nitriles is 1. The van der Waals surface area contributed by atoms with Crippen molar-refractivity contribution in [1.82, 2.24) is 24.1 Å². The second-order valence-electron chi connectivity index (χ2n) is 10.8. The van der Waals surface area contributed by atoms with Gasteiger partial charge in [0.25, 0.3) is 5.56 Å². The Morgan fingerprint density at radius 1 is 1.26 bits per heavy atom. The Kier molecular flexibility index (Phi) is 9.08. The molecule has 0 aliphatic carbocycles. The van der Waals surface area contributed by atoms with Crippen LogP contribution in [0.3, 0.4) is 0 Å². The van der Waals surface area contributed by atoms with Gasteiger partial charge >= 0.3 is 5.69 Å². The summed E-state index contributed by atoms with van der Waals surface area (Å²) >= 11 is 1.17. The molecule has 0 amide bonds. The molecule has 0 N–H and O–H groups in total. The first kappa shape index (κ1) is 30.8. The highest BCUT2D eigenvalue weighted by molar-refractivity contribution is 7.21. The number of ketones is 1. The summed E-state index contributed by atoms with van der Waals surface area (Å²) in [5.41, 5.74) is -1.90. The fourth-order valence-corrected chi connectivity index (χ4v) is 6.11. The second-order valence-corrected chi connectivity index (χ2v) is 11.8. The molecule has 11 nitrogen and oxygen atoms in total. The quantitative estimate of drug-likeness (QED) is 0.221. The molecule has 0 aliphatic rings. The molecule has 0 unspecified atom stereocenters. The van der Waals surface area contributed by atoms with Crippen molar-refractivity contribution in [1.29, 1.82) is 5.26 Å². The van der Waals surface area contributed by atoms with Crippen LogP contribution >= 0.6 is 11.3 Å². The number of thiophene rings is 1. The molecule has 0 saturated carbocycles. The van der Waals surface area contributed by atoms with Gasteiger partial charge < -0.3 is 9.47 Å². The van der Waals surface area contributed by atoms with E-state index in [-0.39, 0.29) is 43.1 Å². The molecule has 222 valence electrons. The molecule has 0 bridgehead atoms. The van der Waals surface area contributed by atoms with Crippen molar-refractivity contribution >= 4 is 27.3 Å². The van der Waals surface area contributed by atoms with Crippen LogP contribution in [0, 0.1) is 30.0 Å². The van der Waals surface area contributed by atoms with Gasteiger partial charge in [-0.05, 0) is 44.9 Å². The number of nitrogens with zero attached hydrogens (tertiary/aromatic N) is 6. The summed E-state index contributed by atoms with van der Waals surface area (Å²) in [5.74, 6) is -0.462. The van der Waals surface area contributed by atoms with Crippen molar-refractivity contribution in [3.63, 3.8) is 0 Å².